The van der Waals surface area contributed by atoms with Gasteiger partial charge in [0.2, 0.25) is 5.88 Å². The fourth-order valence-corrected chi connectivity index (χ4v) is 1.58. The third-order valence-electron chi connectivity index (χ3n) is 2.57. The molecule has 0 saturated heterocycles. The van der Waals surface area contributed by atoms with Gasteiger partial charge in [0.15, 0.2) is 0 Å². The normalized spacial score (nSPS) is 10.1. The number of hydrogen-bond donors (Lipinski definition) is 2. The summed E-state index contributed by atoms with van der Waals surface area (Å²) < 4.78 is 5.65. The van der Waals surface area contributed by atoms with Gasteiger partial charge in [0.1, 0.15) is 11.6 Å². The molecule has 4 heteroatoms. The smallest absolute Gasteiger partial charge is 0.219 e. The van der Waals surface area contributed by atoms with Crippen molar-refractivity contribution in [1.29, 1.82) is 5.41 Å². The molecule has 1 aromatic heterocycles. The summed E-state index contributed by atoms with van der Waals surface area (Å²) in [4.78, 5) is 4.10. The highest BCUT2D eigenvalue weighted by molar-refractivity contribution is 5.95. The molecule has 0 aliphatic heterocycles. The Labute approximate surface area is 106 Å². The van der Waals surface area contributed by atoms with Crippen LogP contribution in [-0.4, -0.2) is 10.8 Å². The average molecular weight is 241 g/mol. The third kappa shape index (κ3) is 2.85. The van der Waals surface area contributed by atoms with E-state index in [0.717, 1.165) is 12.2 Å². The van der Waals surface area contributed by atoms with Gasteiger partial charge in [0.05, 0.1) is 0 Å². The molecular formula is C14H15N3O. The highest BCUT2D eigenvalue weighted by Crippen LogP contribution is 2.21. The molecule has 18 heavy (non-hydrogen) atoms. The van der Waals surface area contributed by atoms with Crippen molar-refractivity contribution in [3.05, 3.63) is 53.7 Å². The van der Waals surface area contributed by atoms with E-state index < -0.39 is 0 Å². The van der Waals surface area contributed by atoms with Gasteiger partial charge in [-0.25, -0.2) is 4.98 Å². The molecule has 0 amide bonds. The number of hydrogen-bond acceptors (Lipinski definition) is 3. The molecule has 0 bridgehead atoms. The quantitative estimate of drug-likeness (QED) is 0.638. The van der Waals surface area contributed by atoms with Crippen LogP contribution < -0.4 is 10.5 Å². The largest absolute Gasteiger partial charge is 0.439 e. The Bertz CT molecular complexity index is 566. The summed E-state index contributed by atoms with van der Waals surface area (Å²) in [5.41, 5.74) is 7.23. The van der Waals surface area contributed by atoms with Gasteiger partial charge in [0.25, 0.3) is 0 Å². The maximum absolute atomic E-state index is 7.37. The Morgan fingerprint density at radius 2 is 2.17 bits per heavy atom. The molecule has 3 N–H and O–H groups in total. The van der Waals surface area contributed by atoms with Gasteiger partial charge in [-0.05, 0) is 30.2 Å². The number of pyridine rings is 1. The lowest BCUT2D eigenvalue weighted by atomic mass is 10.2. The minimum Gasteiger partial charge on any atom is -0.439 e. The van der Waals surface area contributed by atoms with Crippen molar-refractivity contribution in [3.63, 3.8) is 0 Å². The van der Waals surface area contributed by atoms with Gasteiger partial charge in [-0.3, -0.25) is 5.41 Å². The Kier molecular flexibility index (Phi) is 3.57. The van der Waals surface area contributed by atoms with E-state index in [1.807, 2.05) is 24.3 Å². The highest BCUT2D eigenvalue weighted by atomic mass is 16.5. The van der Waals surface area contributed by atoms with Crippen molar-refractivity contribution in [2.45, 2.75) is 13.3 Å². The molecule has 0 atom stereocenters. The van der Waals surface area contributed by atoms with Crippen molar-refractivity contribution < 1.29 is 4.74 Å². The van der Waals surface area contributed by atoms with Crippen LogP contribution in [0.1, 0.15) is 18.1 Å². The molecule has 92 valence electrons. The first-order valence-electron chi connectivity index (χ1n) is 5.76. The molecule has 0 saturated carbocycles. The molecule has 4 nitrogen and oxygen atoms in total. The van der Waals surface area contributed by atoms with E-state index in [-0.39, 0.29) is 5.84 Å². The third-order valence-corrected chi connectivity index (χ3v) is 2.57. The van der Waals surface area contributed by atoms with Crippen molar-refractivity contribution in [2.24, 2.45) is 5.73 Å². The molecule has 0 fully saturated rings. The monoisotopic (exact) mass is 241 g/mol. The van der Waals surface area contributed by atoms with Gasteiger partial charge >= 0.3 is 0 Å². The zero-order chi connectivity index (χ0) is 13.0. The molecule has 0 unspecified atom stereocenters. The number of aromatic nitrogens is 1. The SMILES string of the molecule is CCc1cccc(Oc2cc(C(=N)N)ccn2)c1. The fraction of sp³-hybridized carbons (Fsp3) is 0.143. The first-order chi connectivity index (χ1) is 8.69. The van der Waals surface area contributed by atoms with Crippen molar-refractivity contribution in [2.75, 3.05) is 0 Å². The summed E-state index contributed by atoms with van der Waals surface area (Å²) in [5, 5.41) is 7.37. The molecule has 0 spiro atoms. The minimum absolute atomic E-state index is 0.00422. The van der Waals surface area contributed by atoms with Gasteiger partial charge < -0.3 is 10.5 Å². The van der Waals surface area contributed by atoms with Gasteiger partial charge in [0, 0.05) is 17.8 Å². The molecular weight excluding hydrogens is 226 g/mol. The molecule has 1 aromatic carbocycles. The van der Waals surface area contributed by atoms with E-state index >= 15 is 0 Å². The topological polar surface area (TPSA) is 72.0 Å². The van der Waals surface area contributed by atoms with Crippen LogP contribution >= 0.6 is 0 Å². The standard InChI is InChI=1S/C14H15N3O/c1-2-10-4-3-5-12(8-10)18-13-9-11(14(15)16)6-7-17-13/h3-9H,2H2,1H3,(H3,15,16). The number of nitrogens with one attached hydrogen (secondary N) is 1. The number of benzene rings is 1. The summed E-state index contributed by atoms with van der Waals surface area (Å²) in [7, 11) is 0. The van der Waals surface area contributed by atoms with E-state index in [9.17, 15) is 0 Å². The second kappa shape index (κ2) is 5.31. The number of nitrogens with zero attached hydrogens (tertiary/aromatic N) is 1. The number of rotatable bonds is 4. The summed E-state index contributed by atoms with van der Waals surface area (Å²) >= 11 is 0. The molecule has 2 aromatic rings. The minimum atomic E-state index is 0.00422. The van der Waals surface area contributed by atoms with Gasteiger partial charge in [-0.2, -0.15) is 0 Å². The lowest BCUT2D eigenvalue weighted by Gasteiger charge is -2.07. The zero-order valence-corrected chi connectivity index (χ0v) is 10.2. The molecule has 2 rings (SSSR count). The number of amidine groups is 1. The second-order valence-electron chi connectivity index (χ2n) is 3.90. The predicted octanol–water partition coefficient (Wildman–Crippen LogP) is 2.72. The average Bonchev–Trinajstić information content (AvgIpc) is 2.39. The number of aryl methyl sites for hydroxylation is 1. The lowest BCUT2D eigenvalue weighted by molar-refractivity contribution is 0.462. The predicted molar refractivity (Wildman–Crippen MR) is 71.1 cm³/mol. The van der Waals surface area contributed by atoms with Crippen LogP contribution in [0.25, 0.3) is 0 Å². The van der Waals surface area contributed by atoms with E-state index in [0.29, 0.717) is 11.4 Å². The first kappa shape index (κ1) is 12.1. The van der Waals surface area contributed by atoms with Crippen LogP contribution in [0.2, 0.25) is 0 Å². The van der Waals surface area contributed by atoms with Gasteiger partial charge in [-0.15, -0.1) is 0 Å². The number of ether oxygens (including phenoxy) is 1. The summed E-state index contributed by atoms with van der Waals surface area (Å²) in [6.07, 6.45) is 2.54. The van der Waals surface area contributed by atoms with Crippen molar-refractivity contribution in [1.82, 2.24) is 4.98 Å². The Morgan fingerprint density at radius 1 is 1.33 bits per heavy atom. The summed E-state index contributed by atoms with van der Waals surface area (Å²) in [6.45, 7) is 2.09. The maximum Gasteiger partial charge on any atom is 0.219 e. The molecule has 1 heterocycles. The maximum atomic E-state index is 7.37. The van der Waals surface area contributed by atoms with Crippen LogP contribution in [0.5, 0.6) is 11.6 Å². The van der Waals surface area contributed by atoms with Crippen LogP contribution in [0.3, 0.4) is 0 Å². The van der Waals surface area contributed by atoms with Crippen LogP contribution in [-0.2, 0) is 6.42 Å². The van der Waals surface area contributed by atoms with E-state index in [4.69, 9.17) is 15.9 Å². The molecule has 0 aliphatic carbocycles. The lowest BCUT2D eigenvalue weighted by Crippen LogP contribution is -2.11. The second-order valence-corrected chi connectivity index (χ2v) is 3.90. The highest BCUT2D eigenvalue weighted by Gasteiger charge is 2.02. The zero-order valence-electron chi connectivity index (χ0n) is 10.2. The Balaban J connectivity index is 2.22. The molecule has 0 aliphatic rings. The summed E-state index contributed by atoms with van der Waals surface area (Å²) in [5.74, 6) is 1.18. The number of nitrogen functional groups attached to an aromatic ring is 1. The Hall–Kier alpha value is -2.36. The van der Waals surface area contributed by atoms with Crippen LogP contribution in [0.4, 0.5) is 0 Å². The number of nitrogens with two attached hydrogens (primary N) is 1. The van der Waals surface area contributed by atoms with Crippen molar-refractivity contribution in [3.8, 4) is 11.6 Å². The first-order valence-corrected chi connectivity index (χ1v) is 5.76. The van der Waals surface area contributed by atoms with E-state index in [2.05, 4.69) is 11.9 Å². The van der Waals surface area contributed by atoms with Crippen LogP contribution in [0, 0.1) is 5.41 Å². The van der Waals surface area contributed by atoms with Crippen LogP contribution in [0.15, 0.2) is 42.6 Å². The molecule has 0 radical (unpaired) electrons. The van der Waals surface area contributed by atoms with Crippen molar-refractivity contribution >= 4 is 5.84 Å². The Morgan fingerprint density at radius 3 is 2.89 bits per heavy atom. The van der Waals surface area contributed by atoms with E-state index in [1.54, 1.807) is 18.3 Å². The fourth-order valence-electron chi connectivity index (χ4n) is 1.58. The van der Waals surface area contributed by atoms with E-state index in [1.165, 1.54) is 5.56 Å². The summed E-state index contributed by atoms with van der Waals surface area (Å²) in [6, 6.07) is 11.2. The van der Waals surface area contributed by atoms with Gasteiger partial charge in [-0.1, -0.05) is 19.1 Å².